The molecule has 2 aliphatic carbocycles. The first-order chi connectivity index (χ1) is 38.9. The number of rotatable bonds is 18. The summed E-state index contributed by atoms with van der Waals surface area (Å²) in [6, 6.07) is 18.2. The van der Waals surface area contributed by atoms with Crippen LogP contribution in [0.5, 0.6) is 46.0 Å². The van der Waals surface area contributed by atoms with E-state index >= 15 is 28.8 Å². The Morgan fingerprint density at radius 1 is 0.463 bits per heavy atom. The fraction of sp³-hybridized carbons (Fsp3) is 0.345. The molecule has 11 rings (SSSR count). The molecule has 0 radical (unpaired) electrons. The van der Waals surface area contributed by atoms with Crippen molar-refractivity contribution in [3.63, 3.8) is 0 Å². The van der Waals surface area contributed by atoms with Gasteiger partial charge in [-0.2, -0.15) is 0 Å². The van der Waals surface area contributed by atoms with Crippen LogP contribution in [0.4, 0.5) is 0 Å². The van der Waals surface area contributed by atoms with Crippen LogP contribution in [0.3, 0.4) is 0 Å². The lowest BCUT2D eigenvalue weighted by molar-refractivity contribution is -0.183. The van der Waals surface area contributed by atoms with Gasteiger partial charge in [-0.05, 0) is 61.4 Å². The van der Waals surface area contributed by atoms with E-state index in [-0.39, 0.29) is 115 Å². The van der Waals surface area contributed by atoms with Gasteiger partial charge in [0.15, 0.2) is 58.7 Å². The van der Waals surface area contributed by atoms with Gasteiger partial charge in [-0.25, -0.2) is 9.97 Å². The average Bonchev–Trinajstić information content (AvgIpc) is 3.88. The molecule has 0 saturated carbocycles. The number of Topliss-reactive ketones (excluding diaryl/α,β-unsaturated/α-hetero) is 4. The Morgan fingerprint density at radius 2 is 0.825 bits per heavy atom. The molecule has 22 heteroatoms. The Morgan fingerprint density at radius 3 is 1.16 bits per heavy atom. The number of ether oxygens (including phenoxy) is 12. The predicted octanol–water partition coefficient (Wildman–Crippen LogP) is 6.53. The van der Waals surface area contributed by atoms with Gasteiger partial charge in [0.2, 0.25) is 11.5 Å². The van der Waals surface area contributed by atoms with Crippen LogP contribution in [-0.4, -0.2) is 137 Å². The van der Waals surface area contributed by atoms with E-state index in [0.29, 0.717) is 50.8 Å². The fourth-order valence-electron chi connectivity index (χ4n) is 10.6. The summed E-state index contributed by atoms with van der Waals surface area (Å²) in [7, 11) is 8.21. The zero-order chi connectivity index (χ0) is 55.9. The molecule has 4 heterocycles. The van der Waals surface area contributed by atoms with Gasteiger partial charge in [0.25, 0.3) is 11.1 Å². The van der Waals surface area contributed by atoms with Crippen molar-refractivity contribution < 1.29 is 76.0 Å². The maximum Gasteiger partial charge on any atom is 0.266 e. The first kappa shape index (κ1) is 53.3. The molecule has 2 aromatic heterocycles. The van der Waals surface area contributed by atoms with Crippen LogP contribution in [0.25, 0.3) is 33.2 Å². The molecule has 0 N–H and O–H groups in total. The largest absolute Gasteiger partial charge is 0.493 e. The maximum atomic E-state index is 15.1. The highest BCUT2D eigenvalue weighted by molar-refractivity contribution is 6.34. The molecule has 80 heavy (non-hydrogen) atoms. The summed E-state index contributed by atoms with van der Waals surface area (Å²) in [5.41, 5.74) is -1.97. The van der Waals surface area contributed by atoms with Gasteiger partial charge in [0.05, 0.1) is 104 Å². The van der Waals surface area contributed by atoms with Crippen molar-refractivity contribution in [3.05, 3.63) is 127 Å². The van der Waals surface area contributed by atoms with E-state index in [4.69, 9.17) is 66.8 Å². The van der Waals surface area contributed by atoms with Crippen LogP contribution in [-0.2, 0) is 18.9 Å². The van der Waals surface area contributed by atoms with Crippen molar-refractivity contribution in [2.45, 2.75) is 50.1 Å². The lowest BCUT2D eigenvalue weighted by atomic mass is 10.00. The SMILES string of the molecule is COc1cc2c(=O)n(-c3cccc(OCCC4OCCCO4)c3)c(C3C(=O)c4cc5c(cc4C3=O)C(=O)C(c3nc4c(OC)c(OC)c(OC)cc4c(=O)n3-c3cccc(OCCC4OCCCO4)c3)C5=O)nc2c(OC)c1OC. The average molecular weight is 1100 g/mol. The Balaban J connectivity index is 1.01. The van der Waals surface area contributed by atoms with Crippen molar-refractivity contribution in [2.75, 3.05) is 82.3 Å². The van der Waals surface area contributed by atoms with Gasteiger partial charge in [-0.1, -0.05) is 12.1 Å². The molecular formula is C58H54N4O18. The molecule has 2 aliphatic heterocycles. The Hall–Kier alpha value is -8.70. The molecule has 2 fully saturated rings. The maximum absolute atomic E-state index is 15.1. The van der Waals surface area contributed by atoms with Gasteiger partial charge < -0.3 is 56.8 Å². The van der Waals surface area contributed by atoms with E-state index in [0.717, 1.165) is 22.0 Å². The minimum absolute atomic E-state index is 0.00659. The predicted molar refractivity (Wildman–Crippen MR) is 284 cm³/mol. The van der Waals surface area contributed by atoms with E-state index in [9.17, 15) is 0 Å². The second kappa shape index (κ2) is 22.2. The minimum atomic E-state index is -1.78. The third kappa shape index (κ3) is 9.22. The number of fused-ring (bicyclic) bond motifs is 4. The molecular weight excluding hydrogens is 1040 g/mol. The second-order valence-electron chi connectivity index (χ2n) is 18.9. The molecule has 7 aromatic rings. The van der Waals surface area contributed by atoms with E-state index < -0.39 is 58.7 Å². The highest BCUT2D eigenvalue weighted by atomic mass is 16.7. The molecule has 4 aliphatic rings. The first-order valence-corrected chi connectivity index (χ1v) is 25.7. The summed E-state index contributed by atoms with van der Waals surface area (Å²) >= 11 is 0. The van der Waals surface area contributed by atoms with Crippen LogP contribution in [0, 0.1) is 0 Å². The van der Waals surface area contributed by atoms with Crippen LogP contribution in [0.15, 0.2) is 82.4 Å². The lowest BCUT2D eigenvalue weighted by Gasteiger charge is -2.23. The topological polar surface area (TPSA) is 249 Å². The highest BCUT2D eigenvalue weighted by Crippen LogP contribution is 2.46. The van der Waals surface area contributed by atoms with Gasteiger partial charge in [0, 0.05) is 47.2 Å². The number of ketones is 4. The van der Waals surface area contributed by atoms with E-state index in [1.165, 1.54) is 66.9 Å². The van der Waals surface area contributed by atoms with Crippen LogP contribution in [0.1, 0.15) is 90.6 Å². The number of methoxy groups -OCH3 is 6. The molecule has 5 aromatic carbocycles. The monoisotopic (exact) mass is 1090 g/mol. The number of hydrogen-bond acceptors (Lipinski definition) is 20. The van der Waals surface area contributed by atoms with Crippen LogP contribution >= 0.6 is 0 Å². The van der Waals surface area contributed by atoms with E-state index in [1.54, 1.807) is 48.5 Å². The molecule has 414 valence electrons. The number of nitrogens with zero attached hydrogens (tertiary/aromatic N) is 4. The zero-order valence-corrected chi connectivity index (χ0v) is 44.4. The lowest BCUT2D eigenvalue weighted by Crippen LogP contribution is -2.30. The highest BCUT2D eigenvalue weighted by Gasteiger charge is 2.49. The van der Waals surface area contributed by atoms with Gasteiger partial charge in [-0.3, -0.25) is 37.9 Å². The molecule has 0 unspecified atom stereocenters. The molecule has 2 saturated heterocycles. The quantitative estimate of drug-likeness (QED) is 0.0829. The Kier molecular flexibility index (Phi) is 14.8. The normalized spacial score (nSPS) is 16.1. The summed E-state index contributed by atoms with van der Waals surface area (Å²) in [6.45, 7) is 2.65. The van der Waals surface area contributed by atoms with Gasteiger partial charge in [-0.15, -0.1) is 0 Å². The standard InChI is InChI=1S/C58H54N4O18/c1-69-39-27-37-45(53(73-5)51(39)71-3)59-55(61(57(37)67)29-11-7-13-31(23-29)75-21-15-41-77-17-9-18-78-41)43-47(63)33-25-35-36(26-34(33)48(43)64)50(66)44(49(35)65)56-60-46-38(28-40(70-2)52(72-4)54(46)74-6)58(68)62(56)30-12-8-14-32(24-30)76-22-16-42-79-19-10-20-80-42/h7-8,11-14,23-28,41-44H,9-10,15-22H2,1-6H3. The molecule has 0 atom stereocenters. The molecule has 22 nitrogen and oxygen atoms in total. The Bertz CT molecular complexity index is 3490. The van der Waals surface area contributed by atoms with Gasteiger partial charge in [0.1, 0.15) is 46.0 Å². The van der Waals surface area contributed by atoms with Crippen molar-refractivity contribution >= 4 is 44.9 Å². The van der Waals surface area contributed by atoms with E-state index in [1.807, 2.05) is 0 Å². The third-order valence-corrected chi connectivity index (χ3v) is 14.4. The van der Waals surface area contributed by atoms with Crippen molar-refractivity contribution in [1.82, 2.24) is 19.1 Å². The summed E-state index contributed by atoms with van der Waals surface area (Å²) in [5, 5.41) is -0.0132. The third-order valence-electron chi connectivity index (χ3n) is 14.4. The number of carbonyl (C=O) groups is 4. The Labute approximate surface area is 455 Å². The van der Waals surface area contributed by atoms with Crippen molar-refractivity contribution in [2.24, 2.45) is 0 Å². The number of benzene rings is 5. The molecule has 0 amide bonds. The number of hydrogen-bond donors (Lipinski definition) is 0. The summed E-state index contributed by atoms with van der Waals surface area (Å²) in [6.07, 6.45) is 1.53. The van der Waals surface area contributed by atoms with Crippen LogP contribution < -0.4 is 49.0 Å². The smallest absolute Gasteiger partial charge is 0.266 e. The molecule has 0 spiro atoms. The zero-order valence-electron chi connectivity index (χ0n) is 44.4. The van der Waals surface area contributed by atoms with Crippen molar-refractivity contribution in [3.8, 4) is 57.4 Å². The van der Waals surface area contributed by atoms with Crippen LogP contribution in [0.2, 0.25) is 0 Å². The first-order valence-electron chi connectivity index (χ1n) is 25.7. The van der Waals surface area contributed by atoms with Gasteiger partial charge >= 0.3 is 0 Å². The molecule has 0 bridgehead atoms. The van der Waals surface area contributed by atoms with Crippen molar-refractivity contribution in [1.29, 1.82) is 0 Å². The second-order valence-corrected chi connectivity index (χ2v) is 18.9. The summed E-state index contributed by atoms with van der Waals surface area (Å²) in [5.74, 6) is -6.30. The van der Waals surface area contributed by atoms with E-state index in [2.05, 4.69) is 0 Å². The summed E-state index contributed by atoms with van der Waals surface area (Å²) in [4.78, 5) is 100. The number of aromatic nitrogens is 4. The number of carbonyl (C=O) groups excluding carboxylic acids is 4. The summed E-state index contributed by atoms with van der Waals surface area (Å²) < 4.78 is 71.1. The fourth-order valence-corrected chi connectivity index (χ4v) is 10.6. The minimum Gasteiger partial charge on any atom is -0.493 e.